The molecular formula is C13H12BrCl2N3O. The zero-order chi connectivity index (χ0) is 14.7. The molecule has 1 N–H and O–H groups in total. The van der Waals surface area contributed by atoms with Crippen LogP contribution in [0.2, 0.25) is 10.0 Å². The number of aromatic nitrogens is 2. The molecular weight excluding hydrogens is 365 g/mol. The van der Waals surface area contributed by atoms with Crippen molar-refractivity contribution in [3.63, 3.8) is 0 Å². The summed E-state index contributed by atoms with van der Waals surface area (Å²) in [5.41, 5.74) is 1.33. The van der Waals surface area contributed by atoms with Crippen molar-refractivity contribution in [3.8, 4) is 11.4 Å². The number of hydrogen-bond donors (Lipinski definition) is 1. The van der Waals surface area contributed by atoms with Crippen molar-refractivity contribution in [1.82, 2.24) is 9.97 Å². The van der Waals surface area contributed by atoms with Gasteiger partial charge >= 0.3 is 0 Å². The monoisotopic (exact) mass is 375 g/mol. The Bertz CT molecular complexity index is 617. The van der Waals surface area contributed by atoms with E-state index in [1.165, 1.54) is 0 Å². The van der Waals surface area contributed by atoms with Gasteiger partial charge in [0.25, 0.3) is 0 Å². The number of anilines is 1. The summed E-state index contributed by atoms with van der Waals surface area (Å²) in [5, 5.41) is 4.01. The molecule has 0 aliphatic heterocycles. The zero-order valence-electron chi connectivity index (χ0n) is 10.9. The van der Waals surface area contributed by atoms with Gasteiger partial charge in [0.05, 0.1) is 32.4 Å². The standard InChI is InChI=1S/C13H12BrCl2N3O/c1-17-13-11(14)9(6-20-2)18-12(19-13)10-7(15)4-3-5-8(10)16/h3-5H,6H2,1-2H3,(H,17,18,19). The lowest BCUT2D eigenvalue weighted by molar-refractivity contribution is 0.181. The molecule has 0 aliphatic carbocycles. The number of ether oxygens (including phenoxy) is 1. The lowest BCUT2D eigenvalue weighted by Crippen LogP contribution is -2.04. The minimum absolute atomic E-state index is 0.354. The highest BCUT2D eigenvalue weighted by molar-refractivity contribution is 9.10. The molecule has 0 saturated heterocycles. The van der Waals surface area contributed by atoms with Gasteiger partial charge in [-0.25, -0.2) is 9.97 Å². The summed E-state index contributed by atoms with van der Waals surface area (Å²) in [7, 11) is 3.39. The van der Waals surface area contributed by atoms with Crippen LogP contribution in [0.15, 0.2) is 22.7 Å². The summed E-state index contributed by atoms with van der Waals surface area (Å²) in [6.45, 7) is 0.354. The normalized spacial score (nSPS) is 10.7. The molecule has 1 aromatic carbocycles. The topological polar surface area (TPSA) is 47.0 Å². The molecule has 0 bridgehead atoms. The highest BCUT2D eigenvalue weighted by Crippen LogP contribution is 2.35. The number of methoxy groups -OCH3 is 1. The van der Waals surface area contributed by atoms with Crippen LogP contribution in [0, 0.1) is 0 Å². The van der Waals surface area contributed by atoms with Crippen molar-refractivity contribution in [2.45, 2.75) is 6.61 Å². The van der Waals surface area contributed by atoms with Crippen molar-refractivity contribution in [2.75, 3.05) is 19.5 Å². The van der Waals surface area contributed by atoms with Gasteiger partial charge in [-0.1, -0.05) is 29.3 Å². The molecule has 2 aromatic rings. The van der Waals surface area contributed by atoms with Crippen LogP contribution in [0.1, 0.15) is 5.69 Å². The molecule has 0 fully saturated rings. The Labute approximate surface area is 135 Å². The van der Waals surface area contributed by atoms with Crippen LogP contribution in [0.5, 0.6) is 0 Å². The second-order valence-corrected chi connectivity index (χ2v) is 5.54. The first-order valence-electron chi connectivity index (χ1n) is 5.76. The minimum Gasteiger partial charge on any atom is -0.378 e. The molecule has 0 radical (unpaired) electrons. The van der Waals surface area contributed by atoms with E-state index in [0.717, 1.165) is 10.2 Å². The summed E-state index contributed by atoms with van der Waals surface area (Å²) in [5.74, 6) is 1.11. The first-order valence-corrected chi connectivity index (χ1v) is 7.30. The summed E-state index contributed by atoms with van der Waals surface area (Å²) < 4.78 is 5.90. The summed E-state index contributed by atoms with van der Waals surface area (Å²) in [6.07, 6.45) is 0. The fraction of sp³-hybridized carbons (Fsp3) is 0.231. The number of rotatable bonds is 4. The van der Waals surface area contributed by atoms with Crippen LogP contribution >= 0.6 is 39.1 Å². The number of nitrogens with one attached hydrogen (secondary N) is 1. The second kappa shape index (κ2) is 6.72. The maximum absolute atomic E-state index is 6.20. The lowest BCUT2D eigenvalue weighted by atomic mass is 10.2. The van der Waals surface area contributed by atoms with E-state index >= 15 is 0 Å². The fourth-order valence-electron chi connectivity index (χ4n) is 1.71. The van der Waals surface area contributed by atoms with Gasteiger partial charge < -0.3 is 10.1 Å². The predicted octanol–water partition coefficient (Wildman–Crippen LogP) is 4.40. The number of hydrogen-bond acceptors (Lipinski definition) is 4. The average Bonchev–Trinajstić information content (AvgIpc) is 2.42. The predicted molar refractivity (Wildman–Crippen MR) is 85.4 cm³/mol. The van der Waals surface area contributed by atoms with E-state index in [9.17, 15) is 0 Å². The summed E-state index contributed by atoms with van der Waals surface area (Å²) in [6, 6.07) is 5.29. The van der Waals surface area contributed by atoms with Crippen LogP contribution < -0.4 is 5.32 Å². The molecule has 0 aliphatic rings. The van der Waals surface area contributed by atoms with Crippen LogP contribution in [-0.2, 0) is 11.3 Å². The fourth-order valence-corrected chi connectivity index (χ4v) is 2.77. The molecule has 1 aromatic heterocycles. The number of benzene rings is 1. The molecule has 2 rings (SSSR count). The average molecular weight is 377 g/mol. The Hall–Kier alpha value is -0.880. The molecule has 0 unspecified atom stereocenters. The van der Waals surface area contributed by atoms with Crippen molar-refractivity contribution >= 4 is 44.9 Å². The van der Waals surface area contributed by atoms with Crippen molar-refractivity contribution in [2.24, 2.45) is 0 Å². The molecule has 0 saturated carbocycles. The third-order valence-corrected chi connectivity index (χ3v) is 4.09. The number of halogens is 3. The maximum atomic E-state index is 6.20. The maximum Gasteiger partial charge on any atom is 0.164 e. The van der Waals surface area contributed by atoms with Gasteiger partial charge in [-0.05, 0) is 28.1 Å². The van der Waals surface area contributed by atoms with Crippen molar-refractivity contribution < 1.29 is 4.74 Å². The van der Waals surface area contributed by atoms with E-state index < -0.39 is 0 Å². The zero-order valence-corrected chi connectivity index (χ0v) is 14.0. The Morgan fingerprint density at radius 3 is 2.45 bits per heavy atom. The number of nitrogens with zero attached hydrogens (tertiary/aromatic N) is 2. The van der Waals surface area contributed by atoms with E-state index in [1.54, 1.807) is 32.4 Å². The Morgan fingerprint density at radius 1 is 1.25 bits per heavy atom. The molecule has 0 amide bonds. The molecule has 7 heteroatoms. The van der Waals surface area contributed by atoms with Crippen LogP contribution in [-0.4, -0.2) is 24.1 Å². The van der Waals surface area contributed by atoms with Crippen molar-refractivity contribution in [1.29, 1.82) is 0 Å². The molecule has 0 spiro atoms. The van der Waals surface area contributed by atoms with Crippen LogP contribution in [0.3, 0.4) is 0 Å². The smallest absolute Gasteiger partial charge is 0.164 e. The van der Waals surface area contributed by atoms with E-state index in [-0.39, 0.29) is 0 Å². The quantitative estimate of drug-likeness (QED) is 0.858. The second-order valence-electron chi connectivity index (χ2n) is 3.94. The van der Waals surface area contributed by atoms with Gasteiger partial charge in [0, 0.05) is 14.2 Å². The van der Waals surface area contributed by atoms with Gasteiger partial charge in [0.2, 0.25) is 0 Å². The van der Waals surface area contributed by atoms with Crippen molar-refractivity contribution in [3.05, 3.63) is 38.4 Å². The van der Waals surface area contributed by atoms with E-state index in [4.69, 9.17) is 27.9 Å². The van der Waals surface area contributed by atoms with Crippen LogP contribution in [0.25, 0.3) is 11.4 Å². The third kappa shape index (κ3) is 3.06. The summed E-state index contributed by atoms with van der Waals surface area (Å²) >= 11 is 15.9. The largest absolute Gasteiger partial charge is 0.378 e. The highest BCUT2D eigenvalue weighted by Gasteiger charge is 2.16. The lowest BCUT2D eigenvalue weighted by Gasteiger charge is -2.12. The highest BCUT2D eigenvalue weighted by atomic mass is 79.9. The van der Waals surface area contributed by atoms with E-state index in [2.05, 4.69) is 31.2 Å². The molecule has 1 heterocycles. The van der Waals surface area contributed by atoms with E-state index in [1.807, 2.05) is 0 Å². The molecule has 20 heavy (non-hydrogen) atoms. The first kappa shape index (κ1) is 15.5. The van der Waals surface area contributed by atoms with Gasteiger partial charge in [-0.3, -0.25) is 0 Å². The minimum atomic E-state index is 0.354. The summed E-state index contributed by atoms with van der Waals surface area (Å²) in [4.78, 5) is 8.90. The SMILES string of the molecule is CNc1nc(-c2c(Cl)cccc2Cl)nc(COC)c1Br. The molecule has 4 nitrogen and oxygen atoms in total. The third-order valence-electron chi connectivity index (χ3n) is 2.62. The van der Waals surface area contributed by atoms with Crippen LogP contribution in [0.4, 0.5) is 5.82 Å². The van der Waals surface area contributed by atoms with Gasteiger partial charge in [-0.2, -0.15) is 0 Å². The van der Waals surface area contributed by atoms with Gasteiger partial charge in [0.1, 0.15) is 5.82 Å². The Morgan fingerprint density at radius 2 is 1.90 bits per heavy atom. The first-order chi connectivity index (χ1) is 9.58. The Balaban J connectivity index is 2.65. The van der Waals surface area contributed by atoms with E-state index in [0.29, 0.717) is 33.9 Å². The molecule has 106 valence electrons. The van der Waals surface area contributed by atoms with Gasteiger partial charge in [-0.15, -0.1) is 0 Å². The van der Waals surface area contributed by atoms with Gasteiger partial charge in [0.15, 0.2) is 5.82 Å². The molecule has 0 atom stereocenters. The Kier molecular flexibility index (Phi) is 5.21.